The first-order valence-electron chi connectivity index (χ1n) is 34.7. The summed E-state index contributed by atoms with van der Waals surface area (Å²) in [5.41, 5.74) is 28.1. The van der Waals surface area contributed by atoms with Crippen LogP contribution in [0.2, 0.25) is 0 Å². The van der Waals surface area contributed by atoms with E-state index in [1.165, 1.54) is 16.7 Å². The Kier molecular flexibility index (Phi) is 18.0. The highest BCUT2D eigenvalue weighted by Crippen LogP contribution is 2.54. The maximum atomic E-state index is 11.2. The van der Waals surface area contributed by atoms with Crippen LogP contribution in [0, 0.1) is 37.0 Å². The van der Waals surface area contributed by atoms with Crippen LogP contribution in [0.25, 0.3) is 65.8 Å². The van der Waals surface area contributed by atoms with Crippen molar-refractivity contribution in [1.82, 2.24) is 74.5 Å². The number of fused-ring (bicyclic) bond motifs is 6. The van der Waals surface area contributed by atoms with Crippen LogP contribution in [0.5, 0.6) is 0 Å². The normalized spacial score (nSPS) is 29.1. The van der Waals surface area contributed by atoms with Crippen molar-refractivity contribution in [2.45, 2.75) is 151 Å². The number of aromatic nitrogens is 12. The van der Waals surface area contributed by atoms with Crippen molar-refractivity contribution in [2.24, 2.45) is 16.2 Å². The van der Waals surface area contributed by atoms with Crippen LogP contribution in [0.4, 0.5) is 17.5 Å². The number of nitrogen functional groups attached to an aromatic ring is 3. The zero-order valence-electron chi connectivity index (χ0n) is 56.5. The number of anilines is 3. The van der Waals surface area contributed by atoms with Crippen molar-refractivity contribution in [1.29, 1.82) is 0 Å². The monoisotopic (exact) mass is 1570 g/mol. The lowest BCUT2D eigenvalue weighted by Crippen LogP contribution is -2.38. The fraction of sp³-hybridized carbons (Fsp3) is 0.400. The number of pyridine rings is 3. The van der Waals surface area contributed by atoms with Gasteiger partial charge in [-0.1, -0.05) is 36.4 Å². The molecule has 0 bridgehead atoms. The molecule has 102 heavy (non-hydrogen) atoms. The lowest BCUT2D eigenvalue weighted by Gasteiger charge is -2.27. The fourth-order valence-corrected chi connectivity index (χ4v) is 18.9. The minimum absolute atomic E-state index is 0.205. The number of aliphatic hydroxyl groups excluding tert-OH is 6. The van der Waals surface area contributed by atoms with Crippen LogP contribution in [-0.2, 0) is 19.3 Å². The summed E-state index contributed by atoms with van der Waals surface area (Å²) < 4.78 is 8.43. The number of hydrogen-bond acceptors (Lipinski definition) is 21. The van der Waals surface area contributed by atoms with E-state index in [9.17, 15) is 30.6 Å². The first kappa shape index (κ1) is 68.6. The Bertz CT molecular complexity index is 4730. The first-order valence-corrected chi connectivity index (χ1v) is 37.1. The zero-order valence-corrected chi connectivity index (χ0v) is 61.2. The maximum Gasteiger partial charge on any atom is 0.143 e. The number of hydrogen-bond donors (Lipinski definition) is 12. The molecule has 3 aliphatic heterocycles. The van der Waals surface area contributed by atoms with Crippen molar-refractivity contribution < 1.29 is 30.6 Å². The predicted molar refractivity (Wildman–Crippen MR) is 403 cm³/mol. The van der Waals surface area contributed by atoms with E-state index in [0.29, 0.717) is 56.4 Å². The Labute approximate surface area is 612 Å². The minimum Gasteiger partial charge on any atom is -0.390 e. The second-order valence-corrected chi connectivity index (χ2v) is 32.1. The summed E-state index contributed by atoms with van der Waals surface area (Å²) in [5, 5.41) is 83.5. The van der Waals surface area contributed by atoms with E-state index in [-0.39, 0.29) is 52.5 Å². The predicted octanol–water partition coefficient (Wildman–Crippen LogP) is 8.67. The Hall–Kier alpha value is -7.77. The maximum absolute atomic E-state index is 11.2. The number of nitrogens with two attached hydrogens (primary N) is 3. The molecule has 3 saturated heterocycles. The molecule has 27 heteroatoms. The number of benzene rings is 3. The van der Waals surface area contributed by atoms with Crippen molar-refractivity contribution in [3.63, 3.8) is 0 Å². The molecular weight excluding hydrogens is 1490 g/mol. The number of aliphatic hydroxyl groups is 6. The van der Waals surface area contributed by atoms with Gasteiger partial charge in [0.05, 0.1) is 83.5 Å². The van der Waals surface area contributed by atoms with E-state index in [1.54, 1.807) is 19.0 Å². The number of rotatable bonds is 9. The molecule has 3 aliphatic carbocycles. The average Bonchev–Trinajstić information content (AvgIpc) is 1.59. The summed E-state index contributed by atoms with van der Waals surface area (Å²) in [6.45, 7) is 7.88. The van der Waals surface area contributed by atoms with Gasteiger partial charge >= 0.3 is 0 Å². The largest absolute Gasteiger partial charge is 0.390 e. The van der Waals surface area contributed by atoms with Crippen molar-refractivity contribution >= 4 is 131 Å². The number of aryl methyl sites for hydroxylation is 3. The SMILES string of the molecule is Cc1ncnc2c1ccn2[C@@H]1C[C@@]2(CN[C@@H](Cc3ccc4cc(Br)c(N)nc4c3)C2)[C@@H](O)[C@H]1O.Cc1ncnc2c1ccn2[C@@H]1C[C@@]2(CN[C@@H](Cc3ccc4cc(Br)c(N)nc4c3)C2)[C@@H](O)[C@H]1O.Cc1ncnc2c1ccn2[C@@H]1C[C@@]2(CN[C@H](Cc3ccc4cc(Br)c(N)nc4c3)C2)[C@@H](O)[C@H]1O. The number of halogens is 3. The Morgan fingerprint density at radius 1 is 0.402 bits per heavy atom. The topological polar surface area (TPSA) is 366 Å². The van der Waals surface area contributed by atoms with E-state index in [4.69, 9.17) is 17.2 Å². The molecule has 0 radical (unpaired) electrons. The second-order valence-electron chi connectivity index (χ2n) is 29.6. The molecule has 6 aliphatic rings. The fourth-order valence-electron chi connectivity index (χ4n) is 17.9. The Balaban J connectivity index is 0.000000118. The van der Waals surface area contributed by atoms with E-state index in [1.807, 2.05) is 89.5 Å². The molecule has 9 aromatic heterocycles. The first-order chi connectivity index (χ1) is 49.0. The van der Waals surface area contributed by atoms with Gasteiger partial charge in [0.1, 0.15) is 71.7 Å². The Morgan fingerprint density at radius 3 is 0.971 bits per heavy atom. The summed E-state index contributed by atoms with van der Waals surface area (Å²) in [6.07, 6.45) is 12.5. The number of nitrogens with one attached hydrogen (secondary N) is 3. The van der Waals surface area contributed by atoms with Gasteiger partial charge in [-0.15, -0.1) is 0 Å². The summed E-state index contributed by atoms with van der Waals surface area (Å²) in [7, 11) is 0. The average molecular weight is 1570 g/mol. The molecule has 3 spiro atoms. The van der Waals surface area contributed by atoms with Crippen LogP contribution < -0.4 is 33.2 Å². The molecule has 0 unspecified atom stereocenters. The van der Waals surface area contributed by atoms with Crippen molar-refractivity contribution in [3.05, 3.63) is 176 Å². The third kappa shape index (κ3) is 12.3. The molecule has 12 heterocycles. The minimum atomic E-state index is -0.849. The highest BCUT2D eigenvalue weighted by molar-refractivity contribution is 9.11. The van der Waals surface area contributed by atoms with Gasteiger partial charge in [-0.2, -0.15) is 0 Å². The highest BCUT2D eigenvalue weighted by Gasteiger charge is 2.59. The van der Waals surface area contributed by atoms with Gasteiger partial charge in [0.25, 0.3) is 0 Å². The van der Waals surface area contributed by atoms with Gasteiger partial charge in [-0.05, 0) is 198 Å². The molecule has 528 valence electrons. The van der Waals surface area contributed by atoms with Crippen molar-refractivity contribution in [2.75, 3.05) is 36.8 Å². The van der Waals surface area contributed by atoms with Gasteiger partial charge in [0.15, 0.2) is 0 Å². The summed E-state index contributed by atoms with van der Waals surface area (Å²) in [6, 6.07) is 30.7. The summed E-state index contributed by atoms with van der Waals surface area (Å²) >= 11 is 10.3. The van der Waals surface area contributed by atoms with Crippen LogP contribution in [0.15, 0.2) is 142 Å². The molecule has 15 atom stereocenters. The molecular formula is C75H81Br3N18O6. The molecule has 24 nitrogen and oxygen atoms in total. The van der Waals surface area contributed by atoms with E-state index >= 15 is 0 Å². The summed E-state index contributed by atoms with van der Waals surface area (Å²) in [5.74, 6) is 1.44. The van der Waals surface area contributed by atoms with Crippen LogP contribution >= 0.6 is 47.8 Å². The van der Waals surface area contributed by atoms with Gasteiger partial charge in [0.2, 0.25) is 0 Å². The highest BCUT2D eigenvalue weighted by atomic mass is 79.9. The van der Waals surface area contributed by atoms with E-state index in [0.717, 1.165) is 135 Å². The molecule has 0 amide bonds. The van der Waals surface area contributed by atoms with Gasteiger partial charge in [0, 0.05) is 105 Å². The molecule has 15 N–H and O–H groups in total. The van der Waals surface area contributed by atoms with Crippen LogP contribution in [0.3, 0.4) is 0 Å². The van der Waals surface area contributed by atoms with E-state index in [2.05, 4.69) is 163 Å². The molecule has 3 aromatic carbocycles. The smallest absolute Gasteiger partial charge is 0.143 e. The van der Waals surface area contributed by atoms with Gasteiger partial charge < -0.3 is 77.5 Å². The lowest BCUT2D eigenvalue weighted by molar-refractivity contribution is -0.0217. The quantitative estimate of drug-likeness (QED) is 0.0642. The summed E-state index contributed by atoms with van der Waals surface area (Å²) in [4.78, 5) is 39.7. The second kappa shape index (κ2) is 26.7. The third-order valence-corrected chi connectivity index (χ3v) is 25.2. The zero-order chi connectivity index (χ0) is 70.8. The van der Waals surface area contributed by atoms with Gasteiger partial charge in [-0.3, -0.25) is 0 Å². The number of nitrogens with zero attached hydrogens (tertiary/aromatic N) is 12. The molecule has 18 rings (SSSR count). The molecule has 6 fully saturated rings. The van der Waals surface area contributed by atoms with Crippen molar-refractivity contribution in [3.8, 4) is 0 Å². The molecule has 3 saturated carbocycles. The Morgan fingerprint density at radius 2 is 0.686 bits per heavy atom. The molecule has 12 aromatic rings. The van der Waals surface area contributed by atoms with Gasteiger partial charge in [-0.25, -0.2) is 44.9 Å². The van der Waals surface area contributed by atoms with Crippen LogP contribution in [-0.4, -0.2) is 164 Å². The third-order valence-electron chi connectivity index (χ3n) is 23.3. The van der Waals surface area contributed by atoms with Crippen LogP contribution in [0.1, 0.15) is 90.4 Å². The van der Waals surface area contributed by atoms with E-state index < -0.39 is 36.6 Å². The standard InChI is InChI=1S/3C25H27BrN6O2/c3*1-13-17-4-5-32(24(17)30-12-29-13)20-10-25(22(34)21(20)33)9-16(28-11-25)6-14-2-3-15-8-18(26)23(27)31-19(15)7-14/h3*2-5,7-8,12,16,20-22,28,33-34H,6,9-11H2,1H3,(H2,27,31)/t2*16-,20+,21-,22-,25-;16-,20-,21+,22+,25+/m001/s1. The lowest BCUT2D eigenvalue weighted by atomic mass is 9.80.